The highest BCUT2D eigenvalue weighted by Crippen LogP contribution is 2.33. The Kier molecular flexibility index (Phi) is 8.83. The van der Waals surface area contributed by atoms with Crippen molar-refractivity contribution in [3.8, 4) is 28.3 Å². The largest absolute Gasteiger partial charge is 0.497 e. The van der Waals surface area contributed by atoms with E-state index in [9.17, 15) is 9.59 Å². The van der Waals surface area contributed by atoms with Gasteiger partial charge in [0.2, 0.25) is 5.91 Å². The number of rotatable bonds is 10. The van der Waals surface area contributed by atoms with Gasteiger partial charge < -0.3 is 25.0 Å². The third kappa shape index (κ3) is 6.56. The maximum Gasteiger partial charge on any atom is 0.322 e. The van der Waals surface area contributed by atoms with Crippen LogP contribution in [0.5, 0.6) is 11.5 Å². The number of urea groups is 1. The van der Waals surface area contributed by atoms with Crippen LogP contribution in [-0.4, -0.2) is 53.9 Å². The topological polar surface area (TPSA) is 97.7 Å². The highest BCUT2D eigenvalue weighted by molar-refractivity contribution is 5.99. The number of hydrogen-bond donors (Lipinski definition) is 2. The summed E-state index contributed by atoms with van der Waals surface area (Å²) in [6, 6.07) is 23.9. The molecule has 202 valence electrons. The molecule has 0 atom stereocenters. The molecule has 0 aliphatic heterocycles. The highest BCUT2D eigenvalue weighted by Gasteiger charge is 2.23. The van der Waals surface area contributed by atoms with Gasteiger partial charge in [0.15, 0.2) is 0 Å². The van der Waals surface area contributed by atoms with Crippen LogP contribution in [0.2, 0.25) is 0 Å². The SMILES string of the molecule is CCCN(CC(=O)Nc1c(-c2ccccc2)c(C)nn1-c1ccc(OC)cc1)C(=O)Nc1ccc(OC)cc1. The van der Waals surface area contributed by atoms with Crippen LogP contribution in [0.4, 0.5) is 16.3 Å². The zero-order valence-corrected chi connectivity index (χ0v) is 22.6. The van der Waals surface area contributed by atoms with E-state index < -0.39 is 0 Å². The molecule has 4 aromatic rings. The molecule has 3 amide bonds. The third-order valence-electron chi connectivity index (χ3n) is 6.15. The van der Waals surface area contributed by atoms with Crippen molar-refractivity contribution in [2.45, 2.75) is 20.3 Å². The number of anilines is 2. The van der Waals surface area contributed by atoms with Crippen LogP contribution in [0, 0.1) is 6.92 Å². The lowest BCUT2D eigenvalue weighted by molar-refractivity contribution is -0.116. The summed E-state index contributed by atoms with van der Waals surface area (Å²) in [4.78, 5) is 28.0. The summed E-state index contributed by atoms with van der Waals surface area (Å²) in [6.45, 7) is 4.15. The molecule has 9 nitrogen and oxygen atoms in total. The lowest BCUT2D eigenvalue weighted by atomic mass is 10.1. The molecule has 1 heterocycles. The van der Waals surface area contributed by atoms with Crippen molar-refractivity contribution in [1.82, 2.24) is 14.7 Å². The summed E-state index contributed by atoms with van der Waals surface area (Å²) in [5.74, 6) is 1.60. The molecule has 1 aromatic heterocycles. The summed E-state index contributed by atoms with van der Waals surface area (Å²) in [5.41, 5.74) is 3.87. The molecule has 2 N–H and O–H groups in total. The van der Waals surface area contributed by atoms with Gasteiger partial charge in [-0.1, -0.05) is 37.3 Å². The molecule has 0 saturated heterocycles. The fraction of sp³-hybridized carbons (Fsp3) is 0.233. The number of carbonyl (C=O) groups is 2. The van der Waals surface area contributed by atoms with Crippen molar-refractivity contribution in [1.29, 1.82) is 0 Å². The maximum atomic E-state index is 13.4. The second-order valence-electron chi connectivity index (χ2n) is 8.91. The van der Waals surface area contributed by atoms with Gasteiger partial charge in [-0.2, -0.15) is 5.10 Å². The monoisotopic (exact) mass is 527 g/mol. The lowest BCUT2D eigenvalue weighted by Crippen LogP contribution is -2.41. The van der Waals surface area contributed by atoms with E-state index in [1.54, 1.807) is 43.2 Å². The third-order valence-corrected chi connectivity index (χ3v) is 6.15. The summed E-state index contributed by atoms with van der Waals surface area (Å²) in [7, 11) is 3.19. The maximum absolute atomic E-state index is 13.4. The molecule has 0 radical (unpaired) electrons. The van der Waals surface area contributed by atoms with Crippen LogP contribution in [0.15, 0.2) is 78.9 Å². The van der Waals surface area contributed by atoms with E-state index in [0.29, 0.717) is 30.2 Å². The zero-order valence-electron chi connectivity index (χ0n) is 22.6. The summed E-state index contributed by atoms with van der Waals surface area (Å²) in [5, 5.41) is 10.6. The van der Waals surface area contributed by atoms with E-state index in [1.165, 1.54) is 4.90 Å². The molecule has 0 aliphatic carbocycles. The van der Waals surface area contributed by atoms with Gasteiger partial charge in [0.1, 0.15) is 23.9 Å². The van der Waals surface area contributed by atoms with Gasteiger partial charge in [0.05, 0.1) is 25.6 Å². The number of aryl methyl sites for hydroxylation is 1. The molecular formula is C30H33N5O4. The Morgan fingerprint density at radius 2 is 1.49 bits per heavy atom. The van der Waals surface area contributed by atoms with Crippen molar-refractivity contribution < 1.29 is 19.1 Å². The molecule has 0 bridgehead atoms. The van der Waals surface area contributed by atoms with Gasteiger partial charge in [0.25, 0.3) is 0 Å². The smallest absolute Gasteiger partial charge is 0.322 e. The number of amides is 3. The Balaban J connectivity index is 1.60. The van der Waals surface area contributed by atoms with E-state index in [-0.39, 0.29) is 18.5 Å². The van der Waals surface area contributed by atoms with Gasteiger partial charge in [-0.25, -0.2) is 9.48 Å². The van der Waals surface area contributed by atoms with E-state index >= 15 is 0 Å². The Morgan fingerprint density at radius 3 is 2.08 bits per heavy atom. The average molecular weight is 528 g/mol. The summed E-state index contributed by atoms with van der Waals surface area (Å²) >= 11 is 0. The second-order valence-corrected chi connectivity index (χ2v) is 8.91. The number of nitrogens with zero attached hydrogens (tertiary/aromatic N) is 3. The number of hydrogen-bond acceptors (Lipinski definition) is 5. The van der Waals surface area contributed by atoms with Crippen molar-refractivity contribution >= 4 is 23.4 Å². The number of benzene rings is 3. The highest BCUT2D eigenvalue weighted by atomic mass is 16.5. The lowest BCUT2D eigenvalue weighted by Gasteiger charge is -2.22. The number of ether oxygens (including phenoxy) is 2. The van der Waals surface area contributed by atoms with E-state index in [1.807, 2.05) is 68.4 Å². The minimum atomic E-state index is -0.361. The average Bonchev–Trinajstić information content (AvgIpc) is 3.28. The van der Waals surface area contributed by atoms with Crippen LogP contribution < -0.4 is 20.1 Å². The van der Waals surface area contributed by atoms with Gasteiger partial charge in [0, 0.05) is 17.8 Å². The second kappa shape index (κ2) is 12.6. The molecule has 4 rings (SSSR count). The first kappa shape index (κ1) is 27.3. The van der Waals surface area contributed by atoms with Gasteiger partial charge >= 0.3 is 6.03 Å². The normalized spacial score (nSPS) is 10.6. The van der Waals surface area contributed by atoms with E-state index in [0.717, 1.165) is 28.3 Å². The Labute approximate surface area is 228 Å². The summed E-state index contributed by atoms with van der Waals surface area (Å²) < 4.78 is 12.2. The number of carbonyl (C=O) groups excluding carboxylic acids is 2. The Hall–Kier alpha value is -4.79. The molecule has 0 saturated carbocycles. The quantitative estimate of drug-likeness (QED) is 0.274. The van der Waals surface area contributed by atoms with Gasteiger partial charge in [-0.15, -0.1) is 0 Å². The van der Waals surface area contributed by atoms with Crippen LogP contribution in [0.3, 0.4) is 0 Å². The molecule has 9 heteroatoms. The first-order chi connectivity index (χ1) is 18.9. The zero-order chi connectivity index (χ0) is 27.8. The van der Waals surface area contributed by atoms with Gasteiger partial charge in [-0.05, 0) is 67.4 Å². The van der Waals surface area contributed by atoms with Crippen LogP contribution in [0.25, 0.3) is 16.8 Å². The molecular weight excluding hydrogens is 494 g/mol. The van der Waals surface area contributed by atoms with Crippen LogP contribution >= 0.6 is 0 Å². The van der Waals surface area contributed by atoms with Crippen molar-refractivity contribution in [2.24, 2.45) is 0 Å². The Morgan fingerprint density at radius 1 is 0.872 bits per heavy atom. The fourth-order valence-electron chi connectivity index (χ4n) is 4.25. The number of methoxy groups -OCH3 is 2. The van der Waals surface area contributed by atoms with Crippen molar-refractivity contribution in [3.05, 3.63) is 84.6 Å². The Bertz CT molecular complexity index is 1400. The predicted molar refractivity (Wildman–Crippen MR) is 153 cm³/mol. The van der Waals surface area contributed by atoms with Crippen molar-refractivity contribution in [3.63, 3.8) is 0 Å². The predicted octanol–water partition coefficient (Wildman–Crippen LogP) is 5.75. The standard InChI is InChI=1S/C30H33N5O4/c1-5-19-34(30(37)31-23-11-15-25(38-3)16-12-23)20-27(36)32-29-28(22-9-7-6-8-10-22)21(2)33-35(29)24-13-17-26(39-4)18-14-24/h6-18H,5,19-20H2,1-4H3,(H,31,37)(H,32,36). The molecule has 0 spiro atoms. The fourth-order valence-corrected chi connectivity index (χ4v) is 4.25. The van der Waals surface area contributed by atoms with Crippen LogP contribution in [-0.2, 0) is 4.79 Å². The molecule has 0 fully saturated rings. The molecule has 39 heavy (non-hydrogen) atoms. The minimum absolute atomic E-state index is 0.128. The van der Waals surface area contributed by atoms with Crippen LogP contribution in [0.1, 0.15) is 19.0 Å². The first-order valence-corrected chi connectivity index (χ1v) is 12.7. The first-order valence-electron chi connectivity index (χ1n) is 12.7. The van der Waals surface area contributed by atoms with Gasteiger partial charge in [-0.3, -0.25) is 4.79 Å². The minimum Gasteiger partial charge on any atom is -0.497 e. The molecule has 0 unspecified atom stereocenters. The number of nitrogens with one attached hydrogen (secondary N) is 2. The summed E-state index contributed by atoms with van der Waals surface area (Å²) in [6.07, 6.45) is 0.696. The number of aromatic nitrogens is 2. The van der Waals surface area contributed by atoms with Crippen molar-refractivity contribution in [2.75, 3.05) is 37.9 Å². The molecule has 3 aromatic carbocycles. The van der Waals surface area contributed by atoms with E-state index in [2.05, 4.69) is 10.6 Å². The molecule has 0 aliphatic rings. The van der Waals surface area contributed by atoms with E-state index in [4.69, 9.17) is 14.6 Å².